The van der Waals surface area contributed by atoms with Crippen LogP contribution in [0.2, 0.25) is 10.0 Å². The predicted octanol–water partition coefficient (Wildman–Crippen LogP) is 5.21. The molecule has 2 nitrogen and oxygen atoms in total. The zero-order valence-corrected chi connectivity index (χ0v) is 12.7. The summed E-state index contributed by atoms with van der Waals surface area (Å²) < 4.78 is 14.0. The maximum atomic E-state index is 13.2. The van der Waals surface area contributed by atoms with E-state index in [1.54, 1.807) is 18.2 Å². The lowest BCUT2D eigenvalue weighted by Gasteiger charge is -2.11. The number of rotatable bonds is 3. The van der Waals surface area contributed by atoms with Crippen molar-refractivity contribution in [3.8, 4) is 5.75 Å². The zero-order chi connectivity index (χ0) is 14.0. The molecule has 0 spiro atoms. The Labute approximate surface area is 128 Å². The summed E-state index contributed by atoms with van der Waals surface area (Å²) in [5, 5.41) is 13.1. The van der Waals surface area contributed by atoms with Gasteiger partial charge in [-0.2, -0.15) is 0 Å². The van der Waals surface area contributed by atoms with E-state index in [1.807, 2.05) is 0 Å². The van der Waals surface area contributed by atoms with Crippen LogP contribution in [0.4, 0.5) is 10.1 Å². The number of aromatic hydroxyl groups is 1. The highest BCUT2D eigenvalue weighted by Gasteiger charge is 2.08. The molecular formula is C13H9BrCl2FNO. The molecule has 0 aromatic heterocycles. The van der Waals surface area contributed by atoms with Gasteiger partial charge in [-0.15, -0.1) is 0 Å². The molecule has 2 aromatic carbocycles. The Bertz CT molecular complexity index is 599. The molecule has 0 saturated heterocycles. The smallest absolute Gasteiger partial charge is 0.165 e. The molecule has 0 aliphatic rings. The number of benzene rings is 2. The fraction of sp³-hybridized carbons (Fsp3) is 0.0769. The number of hydrogen-bond acceptors (Lipinski definition) is 2. The Balaban J connectivity index is 2.16. The average Bonchev–Trinajstić information content (AvgIpc) is 2.32. The van der Waals surface area contributed by atoms with Crippen molar-refractivity contribution in [2.24, 2.45) is 0 Å². The fourth-order valence-electron chi connectivity index (χ4n) is 1.56. The second-order valence-corrected chi connectivity index (χ2v) is 5.61. The SMILES string of the molecule is Oc1ccc(CNc2c(Cl)cc(Br)cc2Cl)cc1F. The highest BCUT2D eigenvalue weighted by Crippen LogP contribution is 2.34. The van der Waals surface area contributed by atoms with Crippen molar-refractivity contribution in [2.45, 2.75) is 6.54 Å². The summed E-state index contributed by atoms with van der Waals surface area (Å²) in [5.74, 6) is -1.03. The lowest BCUT2D eigenvalue weighted by molar-refractivity contribution is 0.432. The molecule has 0 amide bonds. The predicted molar refractivity (Wildman–Crippen MR) is 79.6 cm³/mol. The molecule has 0 heterocycles. The topological polar surface area (TPSA) is 32.3 Å². The van der Waals surface area contributed by atoms with Crippen molar-refractivity contribution in [1.29, 1.82) is 0 Å². The van der Waals surface area contributed by atoms with Crippen LogP contribution >= 0.6 is 39.1 Å². The fourth-order valence-corrected chi connectivity index (χ4v) is 2.90. The zero-order valence-electron chi connectivity index (χ0n) is 9.55. The molecule has 0 unspecified atom stereocenters. The first-order valence-electron chi connectivity index (χ1n) is 5.33. The van der Waals surface area contributed by atoms with E-state index in [1.165, 1.54) is 12.1 Å². The first kappa shape index (κ1) is 14.4. The first-order valence-corrected chi connectivity index (χ1v) is 6.88. The minimum Gasteiger partial charge on any atom is -0.505 e. The van der Waals surface area contributed by atoms with E-state index < -0.39 is 5.82 Å². The van der Waals surface area contributed by atoms with Crippen LogP contribution in [0.3, 0.4) is 0 Å². The van der Waals surface area contributed by atoms with Gasteiger partial charge < -0.3 is 10.4 Å². The van der Waals surface area contributed by atoms with Crippen molar-refractivity contribution in [3.63, 3.8) is 0 Å². The van der Waals surface area contributed by atoms with Crippen molar-refractivity contribution >= 4 is 44.8 Å². The maximum absolute atomic E-state index is 13.2. The van der Waals surface area contributed by atoms with Crippen molar-refractivity contribution in [3.05, 3.63) is 56.2 Å². The summed E-state index contributed by atoms with van der Waals surface area (Å²) in [4.78, 5) is 0. The molecule has 2 aromatic rings. The number of halogens is 4. The van der Waals surface area contributed by atoms with Gasteiger partial charge in [0.05, 0.1) is 15.7 Å². The minimum absolute atomic E-state index is 0.346. The van der Waals surface area contributed by atoms with Gasteiger partial charge >= 0.3 is 0 Å². The molecule has 0 bridgehead atoms. The van der Waals surface area contributed by atoms with E-state index in [0.717, 1.165) is 4.47 Å². The molecule has 0 atom stereocenters. The van der Waals surface area contributed by atoms with Crippen LogP contribution in [0.25, 0.3) is 0 Å². The third-order valence-corrected chi connectivity index (χ3v) is 3.54. The van der Waals surface area contributed by atoms with Gasteiger partial charge in [-0.25, -0.2) is 4.39 Å². The Morgan fingerprint density at radius 3 is 2.37 bits per heavy atom. The third-order valence-electron chi connectivity index (χ3n) is 2.49. The molecular weight excluding hydrogens is 356 g/mol. The van der Waals surface area contributed by atoms with Gasteiger partial charge in [-0.05, 0) is 29.8 Å². The molecule has 0 saturated carbocycles. The van der Waals surface area contributed by atoms with Gasteiger partial charge in [0.15, 0.2) is 11.6 Å². The van der Waals surface area contributed by atoms with E-state index in [-0.39, 0.29) is 5.75 Å². The molecule has 100 valence electrons. The molecule has 0 aliphatic carbocycles. The molecule has 0 radical (unpaired) electrons. The largest absolute Gasteiger partial charge is 0.505 e. The van der Waals surface area contributed by atoms with E-state index in [4.69, 9.17) is 28.3 Å². The van der Waals surface area contributed by atoms with Gasteiger partial charge in [0.2, 0.25) is 0 Å². The second-order valence-electron chi connectivity index (χ2n) is 3.88. The summed E-state index contributed by atoms with van der Waals surface area (Å²) in [5.41, 5.74) is 1.25. The average molecular weight is 365 g/mol. The lowest BCUT2D eigenvalue weighted by atomic mass is 10.2. The quantitative estimate of drug-likeness (QED) is 0.783. The summed E-state index contributed by atoms with van der Waals surface area (Å²) in [7, 11) is 0. The maximum Gasteiger partial charge on any atom is 0.165 e. The monoisotopic (exact) mass is 363 g/mol. The third kappa shape index (κ3) is 3.53. The van der Waals surface area contributed by atoms with Gasteiger partial charge in [0, 0.05) is 11.0 Å². The summed E-state index contributed by atoms with van der Waals surface area (Å²) in [6.45, 7) is 0.346. The van der Waals surface area contributed by atoms with Gasteiger partial charge in [0.1, 0.15) is 0 Å². The van der Waals surface area contributed by atoms with E-state index >= 15 is 0 Å². The minimum atomic E-state index is -0.660. The van der Waals surface area contributed by atoms with Crippen LogP contribution in [-0.4, -0.2) is 5.11 Å². The molecule has 2 rings (SSSR count). The number of hydrogen-bond donors (Lipinski definition) is 2. The van der Waals surface area contributed by atoms with E-state index in [9.17, 15) is 4.39 Å². The Kier molecular flexibility index (Phi) is 4.55. The van der Waals surface area contributed by atoms with Crippen LogP contribution in [0.1, 0.15) is 5.56 Å². The van der Waals surface area contributed by atoms with Crippen LogP contribution in [0.15, 0.2) is 34.8 Å². The number of phenolic OH excluding ortho intramolecular Hbond substituents is 1. The van der Waals surface area contributed by atoms with Gasteiger partial charge in [-0.3, -0.25) is 0 Å². The molecule has 19 heavy (non-hydrogen) atoms. The highest BCUT2D eigenvalue weighted by atomic mass is 79.9. The van der Waals surface area contributed by atoms with Gasteiger partial charge in [-0.1, -0.05) is 45.2 Å². The number of phenols is 1. The Morgan fingerprint density at radius 1 is 1.16 bits per heavy atom. The molecule has 0 fully saturated rings. The van der Waals surface area contributed by atoms with Crippen LogP contribution < -0.4 is 5.32 Å². The number of nitrogens with one attached hydrogen (secondary N) is 1. The van der Waals surface area contributed by atoms with E-state index in [0.29, 0.717) is 27.8 Å². The Morgan fingerprint density at radius 2 is 1.79 bits per heavy atom. The van der Waals surface area contributed by atoms with Crippen molar-refractivity contribution in [1.82, 2.24) is 0 Å². The molecule has 6 heteroatoms. The van der Waals surface area contributed by atoms with Crippen molar-refractivity contribution < 1.29 is 9.50 Å². The van der Waals surface area contributed by atoms with Crippen LogP contribution in [0, 0.1) is 5.82 Å². The molecule has 0 aliphatic heterocycles. The lowest BCUT2D eigenvalue weighted by Crippen LogP contribution is -2.01. The summed E-state index contributed by atoms with van der Waals surface area (Å²) >= 11 is 15.4. The van der Waals surface area contributed by atoms with Gasteiger partial charge in [0.25, 0.3) is 0 Å². The number of anilines is 1. The van der Waals surface area contributed by atoms with Crippen LogP contribution in [0.5, 0.6) is 5.75 Å². The van der Waals surface area contributed by atoms with Crippen molar-refractivity contribution in [2.75, 3.05) is 5.32 Å². The summed E-state index contributed by atoms with van der Waals surface area (Å²) in [6, 6.07) is 7.60. The highest BCUT2D eigenvalue weighted by molar-refractivity contribution is 9.10. The standard InChI is InChI=1S/C13H9BrCl2FNO/c14-8-4-9(15)13(10(16)5-8)18-6-7-1-2-12(19)11(17)3-7/h1-5,18-19H,6H2. The van der Waals surface area contributed by atoms with E-state index in [2.05, 4.69) is 21.2 Å². The van der Waals surface area contributed by atoms with Crippen LogP contribution in [-0.2, 0) is 6.54 Å². The summed E-state index contributed by atoms with van der Waals surface area (Å²) in [6.07, 6.45) is 0. The normalized spacial score (nSPS) is 10.5. The Hall–Kier alpha value is -0.970. The molecule has 2 N–H and O–H groups in total. The second kappa shape index (κ2) is 5.99. The first-order chi connectivity index (χ1) is 8.97.